The van der Waals surface area contributed by atoms with Gasteiger partial charge in [-0.05, 0) is 50.4 Å². The summed E-state index contributed by atoms with van der Waals surface area (Å²) in [5.41, 5.74) is 8.54. The van der Waals surface area contributed by atoms with Crippen LogP contribution in [0.25, 0.3) is 0 Å². The van der Waals surface area contributed by atoms with Crippen molar-refractivity contribution >= 4 is 21.8 Å². The number of aryl methyl sites for hydroxylation is 1. The van der Waals surface area contributed by atoms with Gasteiger partial charge in [0.25, 0.3) is 0 Å². The largest absolute Gasteiger partial charge is 0.341 e. The molecule has 3 rings (SSSR count). The number of benzene rings is 1. The van der Waals surface area contributed by atoms with E-state index in [0.29, 0.717) is 12.5 Å². The third-order valence-corrected chi connectivity index (χ3v) is 6.72. The molecule has 144 valence electrons. The zero-order valence-electron chi connectivity index (χ0n) is 16.0. The maximum atomic E-state index is 12.8. The van der Waals surface area contributed by atoms with Crippen molar-refractivity contribution in [3.63, 3.8) is 0 Å². The lowest BCUT2D eigenvalue weighted by Gasteiger charge is -2.42. The predicted octanol–water partition coefficient (Wildman–Crippen LogP) is 1.87. The van der Waals surface area contributed by atoms with E-state index in [1.54, 1.807) is 0 Å². The molecule has 0 aromatic heterocycles. The highest BCUT2D eigenvalue weighted by Gasteiger charge is 2.30. The van der Waals surface area contributed by atoms with Crippen LogP contribution in [0.4, 0.5) is 0 Å². The molecule has 2 aliphatic heterocycles. The van der Waals surface area contributed by atoms with Crippen molar-refractivity contribution in [2.45, 2.75) is 38.3 Å². The van der Waals surface area contributed by atoms with Gasteiger partial charge >= 0.3 is 0 Å². The second-order valence-electron chi connectivity index (χ2n) is 7.79. The molecule has 1 unspecified atom stereocenters. The quantitative estimate of drug-likeness (QED) is 0.804. The van der Waals surface area contributed by atoms with E-state index >= 15 is 0 Å². The summed E-state index contributed by atoms with van der Waals surface area (Å²) in [4.78, 5) is 19.7. The Morgan fingerprint density at radius 3 is 2.46 bits per heavy atom. The molecular weight excluding hydrogens is 392 g/mol. The molecule has 5 nitrogen and oxygen atoms in total. The summed E-state index contributed by atoms with van der Waals surface area (Å²) in [7, 11) is 2.19. The molecule has 2 fully saturated rings. The van der Waals surface area contributed by atoms with Crippen molar-refractivity contribution in [3.8, 4) is 0 Å². The van der Waals surface area contributed by atoms with Crippen LogP contribution in [0.5, 0.6) is 0 Å². The summed E-state index contributed by atoms with van der Waals surface area (Å²) >= 11 is 3.52. The number of likely N-dealkylation sites (N-methyl/N-ethyl adjacent to an activating group) is 1. The fourth-order valence-electron chi connectivity index (χ4n) is 4.05. The van der Waals surface area contributed by atoms with Gasteiger partial charge in [-0.15, -0.1) is 0 Å². The summed E-state index contributed by atoms with van der Waals surface area (Å²) in [5.74, 6) is 0.0994. The zero-order chi connectivity index (χ0) is 18.7. The molecule has 0 spiro atoms. The summed E-state index contributed by atoms with van der Waals surface area (Å²) < 4.78 is 1.09. The van der Waals surface area contributed by atoms with E-state index in [4.69, 9.17) is 5.73 Å². The van der Waals surface area contributed by atoms with Crippen LogP contribution in [-0.2, 0) is 11.2 Å². The van der Waals surface area contributed by atoms with Crippen LogP contribution < -0.4 is 5.73 Å². The minimum absolute atomic E-state index is 0.0994. The second-order valence-corrected chi connectivity index (χ2v) is 8.64. The third kappa shape index (κ3) is 4.85. The average molecular weight is 423 g/mol. The molecule has 2 N–H and O–H groups in total. The Morgan fingerprint density at radius 2 is 1.85 bits per heavy atom. The highest BCUT2D eigenvalue weighted by Crippen LogP contribution is 2.20. The first-order chi connectivity index (χ1) is 12.4. The van der Waals surface area contributed by atoms with Crippen molar-refractivity contribution in [2.75, 3.05) is 46.3 Å². The third-order valence-electron chi connectivity index (χ3n) is 5.83. The Bertz CT molecular complexity index is 622. The van der Waals surface area contributed by atoms with Gasteiger partial charge in [-0.3, -0.25) is 9.69 Å². The van der Waals surface area contributed by atoms with Crippen LogP contribution in [0, 0.1) is 6.92 Å². The molecule has 26 heavy (non-hydrogen) atoms. The minimum Gasteiger partial charge on any atom is -0.341 e. The molecule has 6 heteroatoms. The van der Waals surface area contributed by atoms with Crippen LogP contribution in [0.1, 0.15) is 24.0 Å². The van der Waals surface area contributed by atoms with Crippen molar-refractivity contribution in [3.05, 3.63) is 33.8 Å². The summed E-state index contributed by atoms with van der Waals surface area (Å²) in [6.45, 7) is 8.33. The number of hydrogen-bond acceptors (Lipinski definition) is 4. The number of carbonyl (C=O) groups is 1. The van der Waals surface area contributed by atoms with Crippen molar-refractivity contribution < 1.29 is 4.79 Å². The number of halogens is 1. The Labute approximate surface area is 165 Å². The first-order valence-corrected chi connectivity index (χ1v) is 10.5. The standard InChI is InChI=1S/C20H31BrN4O/c1-15-13-16(3-4-18(15)21)14-19(22)20(26)25-7-5-17(6-8-25)24-11-9-23(2)10-12-24/h3-4,13,17,19H,5-12,14,22H2,1-2H3. The molecule has 1 aromatic carbocycles. The number of nitrogens with zero attached hydrogens (tertiary/aromatic N) is 3. The van der Waals surface area contributed by atoms with Gasteiger partial charge in [-0.2, -0.15) is 0 Å². The average Bonchev–Trinajstić information content (AvgIpc) is 2.65. The Balaban J connectivity index is 1.48. The first kappa shape index (κ1) is 19.8. The number of amides is 1. The van der Waals surface area contributed by atoms with E-state index in [1.807, 2.05) is 17.0 Å². The van der Waals surface area contributed by atoms with Gasteiger partial charge in [0.1, 0.15) is 0 Å². The van der Waals surface area contributed by atoms with Crippen LogP contribution >= 0.6 is 15.9 Å². The lowest BCUT2D eigenvalue weighted by molar-refractivity contribution is -0.134. The van der Waals surface area contributed by atoms with Gasteiger partial charge in [0.05, 0.1) is 6.04 Å². The van der Waals surface area contributed by atoms with Crippen LogP contribution in [0.3, 0.4) is 0 Å². The fourth-order valence-corrected chi connectivity index (χ4v) is 4.29. The van der Waals surface area contributed by atoms with Gasteiger partial charge in [0.15, 0.2) is 0 Å². The molecule has 0 aliphatic carbocycles. The predicted molar refractivity (Wildman–Crippen MR) is 109 cm³/mol. The lowest BCUT2D eigenvalue weighted by atomic mass is 9.99. The van der Waals surface area contributed by atoms with Crippen molar-refractivity contribution in [2.24, 2.45) is 5.73 Å². The summed E-state index contributed by atoms with van der Waals surface area (Å²) in [5, 5.41) is 0. The normalized spacial score (nSPS) is 21.8. The molecular formula is C20H31BrN4O. The van der Waals surface area contributed by atoms with E-state index < -0.39 is 6.04 Å². The summed E-state index contributed by atoms with van der Waals surface area (Å²) in [6, 6.07) is 6.36. The number of likely N-dealkylation sites (tertiary alicyclic amines) is 1. The fraction of sp³-hybridized carbons (Fsp3) is 0.650. The number of hydrogen-bond donors (Lipinski definition) is 1. The van der Waals surface area contributed by atoms with Gasteiger partial charge in [-0.25, -0.2) is 0 Å². The molecule has 2 aliphatic rings. The van der Waals surface area contributed by atoms with Gasteiger partial charge in [0, 0.05) is 49.8 Å². The molecule has 0 saturated carbocycles. The monoisotopic (exact) mass is 422 g/mol. The zero-order valence-corrected chi connectivity index (χ0v) is 17.5. The SMILES string of the molecule is Cc1cc(CC(N)C(=O)N2CCC(N3CCN(C)CC3)CC2)ccc1Br. The maximum absolute atomic E-state index is 12.8. The highest BCUT2D eigenvalue weighted by atomic mass is 79.9. The highest BCUT2D eigenvalue weighted by molar-refractivity contribution is 9.10. The number of nitrogens with two attached hydrogens (primary N) is 1. The smallest absolute Gasteiger partial charge is 0.239 e. The lowest BCUT2D eigenvalue weighted by Crippen LogP contribution is -2.54. The van der Waals surface area contributed by atoms with E-state index in [9.17, 15) is 4.79 Å². The van der Waals surface area contributed by atoms with Gasteiger partial charge in [-0.1, -0.05) is 28.1 Å². The number of carbonyl (C=O) groups excluding carboxylic acids is 1. The molecule has 0 radical (unpaired) electrons. The van der Waals surface area contributed by atoms with Gasteiger partial charge < -0.3 is 15.5 Å². The van der Waals surface area contributed by atoms with E-state index in [0.717, 1.165) is 62.1 Å². The van der Waals surface area contributed by atoms with Crippen LogP contribution in [0.2, 0.25) is 0 Å². The Hall–Kier alpha value is -0.950. The molecule has 2 saturated heterocycles. The second kappa shape index (κ2) is 8.83. The Kier molecular flexibility index (Phi) is 6.72. The first-order valence-electron chi connectivity index (χ1n) is 9.66. The van der Waals surface area contributed by atoms with Crippen LogP contribution in [0.15, 0.2) is 22.7 Å². The minimum atomic E-state index is -0.448. The van der Waals surface area contributed by atoms with Crippen molar-refractivity contribution in [1.29, 1.82) is 0 Å². The van der Waals surface area contributed by atoms with E-state index in [2.05, 4.69) is 45.8 Å². The van der Waals surface area contributed by atoms with Crippen molar-refractivity contribution in [1.82, 2.24) is 14.7 Å². The van der Waals surface area contributed by atoms with Gasteiger partial charge in [0.2, 0.25) is 5.91 Å². The topological polar surface area (TPSA) is 52.8 Å². The summed E-state index contributed by atoms with van der Waals surface area (Å²) in [6.07, 6.45) is 2.74. The number of rotatable bonds is 4. The molecule has 0 bridgehead atoms. The molecule has 1 atom stereocenters. The molecule has 2 heterocycles. The maximum Gasteiger partial charge on any atom is 0.239 e. The van der Waals surface area contributed by atoms with Crippen LogP contribution in [-0.4, -0.2) is 79.0 Å². The van der Waals surface area contributed by atoms with E-state index in [1.165, 1.54) is 5.56 Å². The number of piperazine rings is 1. The molecule has 1 amide bonds. The molecule has 1 aromatic rings. The Morgan fingerprint density at radius 1 is 1.19 bits per heavy atom. The van der Waals surface area contributed by atoms with E-state index in [-0.39, 0.29) is 5.91 Å². The number of piperidine rings is 1.